The van der Waals surface area contributed by atoms with Crippen LogP contribution in [0.1, 0.15) is 23.2 Å². The lowest BCUT2D eigenvalue weighted by Crippen LogP contribution is -2.25. The van der Waals surface area contributed by atoms with E-state index in [1.54, 1.807) is 12.3 Å². The van der Waals surface area contributed by atoms with Gasteiger partial charge in [-0.25, -0.2) is 9.78 Å². The van der Waals surface area contributed by atoms with Crippen molar-refractivity contribution in [1.29, 1.82) is 0 Å². The van der Waals surface area contributed by atoms with Crippen molar-refractivity contribution in [2.75, 3.05) is 0 Å². The molecule has 0 atom stereocenters. The molecule has 0 radical (unpaired) electrons. The van der Waals surface area contributed by atoms with Crippen LogP contribution in [0.3, 0.4) is 0 Å². The zero-order valence-corrected chi connectivity index (χ0v) is 16.3. The van der Waals surface area contributed by atoms with Gasteiger partial charge >= 0.3 is 12.1 Å². The first kappa shape index (κ1) is 20.8. The smallest absolute Gasteiger partial charge is 0.475 e. The number of alkyl halides is 3. The third-order valence-corrected chi connectivity index (χ3v) is 4.44. The summed E-state index contributed by atoms with van der Waals surface area (Å²) in [6.45, 7) is 0. The summed E-state index contributed by atoms with van der Waals surface area (Å²) in [6, 6.07) is 11.5. The molecule has 0 bridgehead atoms. The van der Waals surface area contributed by atoms with Crippen LogP contribution in [0.2, 0.25) is 0 Å². The van der Waals surface area contributed by atoms with Gasteiger partial charge in [-0.1, -0.05) is 15.9 Å². The van der Waals surface area contributed by atoms with Crippen molar-refractivity contribution in [1.82, 2.24) is 10.3 Å². The van der Waals surface area contributed by atoms with Crippen molar-refractivity contribution in [3.8, 4) is 11.5 Å². The number of halogens is 4. The molecule has 3 aromatic rings. The average molecular weight is 471 g/mol. The van der Waals surface area contributed by atoms with Gasteiger partial charge in [-0.15, -0.1) is 0 Å². The first-order valence-corrected chi connectivity index (χ1v) is 9.19. The van der Waals surface area contributed by atoms with Gasteiger partial charge in [0.15, 0.2) is 5.76 Å². The zero-order valence-electron chi connectivity index (χ0n) is 14.7. The Morgan fingerprint density at radius 1 is 1.21 bits per heavy atom. The van der Waals surface area contributed by atoms with Gasteiger partial charge in [0.2, 0.25) is 0 Å². The summed E-state index contributed by atoms with van der Waals surface area (Å²) >= 11 is 3.46. The normalized spacial score (nSPS) is 13.5. The predicted octanol–water partition coefficient (Wildman–Crippen LogP) is 4.78. The molecule has 1 saturated carbocycles. The van der Waals surface area contributed by atoms with Crippen LogP contribution in [-0.4, -0.2) is 34.2 Å². The molecule has 0 spiro atoms. The lowest BCUT2D eigenvalue weighted by Gasteiger charge is -2.09. The molecule has 0 unspecified atom stereocenters. The number of aromatic nitrogens is 1. The minimum atomic E-state index is -5.08. The number of furan rings is 1. The van der Waals surface area contributed by atoms with Gasteiger partial charge < -0.3 is 14.8 Å². The molecule has 152 valence electrons. The van der Waals surface area contributed by atoms with Crippen molar-refractivity contribution < 1.29 is 32.3 Å². The molecular weight excluding hydrogens is 457 g/mol. The molecule has 0 aliphatic heterocycles. The van der Waals surface area contributed by atoms with Crippen LogP contribution in [0.25, 0.3) is 22.4 Å². The van der Waals surface area contributed by atoms with E-state index < -0.39 is 12.1 Å². The SMILES string of the molecule is O=C(NC1CC1)c1cc(-c2ccco2)nc2ccc(Br)cc12.O=C(O)C(F)(F)F. The Morgan fingerprint density at radius 3 is 2.45 bits per heavy atom. The number of hydrogen-bond acceptors (Lipinski definition) is 4. The van der Waals surface area contributed by atoms with Gasteiger partial charge in [-0.05, 0) is 49.2 Å². The van der Waals surface area contributed by atoms with Gasteiger partial charge in [0.25, 0.3) is 5.91 Å². The molecular formula is C19H14BrF3N2O4. The van der Waals surface area contributed by atoms with E-state index in [4.69, 9.17) is 14.3 Å². The highest BCUT2D eigenvalue weighted by Crippen LogP contribution is 2.28. The minimum absolute atomic E-state index is 0.0548. The first-order valence-electron chi connectivity index (χ1n) is 8.40. The van der Waals surface area contributed by atoms with Crippen LogP contribution in [0.15, 0.2) is 51.6 Å². The van der Waals surface area contributed by atoms with E-state index in [0.717, 1.165) is 28.2 Å². The maximum Gasteiger partial charge on any atom is 0.490 e. The lowest BCUT2D eigenvalue weighted by atomic mass is 10.1. The fourth-order valence-electron chi connectivity index (χ4n) is 2.43. The molecule has 6 nitrogen and oxygen atoms in total. The van der Waals surface area contributed by atoms with Crippen molar-refractivity contribution in [3.63, 3.8) is 0 Å². The van der Waals surface area contributed by atoms with Crippen LogP contribution >= 0.6 is 15.9 Å². The van der Waals surface area contributed by atoms with E-state index in [9.17, 15) is 18.0 Å². The lowest BCUT2D eigenvalue weighted by molar-refractivity contribution is -0.192. The summed E-state index contributed by atoms with van der Waals surface area (Å²) in [7, 11) is 0. The van der Waals surface area contributed by atoms with E-state index in [0.29, 0.717) is 23.1 Å². The van der Waals surface area contributed by atoms with E-state index in [2.05, 4.69) is 26.2 Å². The molecule has 1 aromatic carbocycles. The molecule has 1 fully saturated rings. The number of rotatable bonds is 3. The van der Waals surface area contributed by atoms with Crippen LogP contribution in [0, 0.1) is 0 Å². The maximum absolute atomic E-state index is 12.6. The summed E-state index contributed by atoms with van der Waals surface area (Å²) < 4.78 is 38.1. The van der Waals surface area contributed by atoms with E-state index >= 15 is 0 Å². The number of hydrogen-bond donors (Lipinski definition) is 2. The molecule has 1 aliphatic carbocycles. The van der Waals surface area contributed by atoms with E-state index in [-0.39, 0.29) is 5.91 Å². The topological polar surface area (TPSA) is 92.4 Å². The van der Waals surface area contributed by atoms with Crippen molar-refractivity contribution in [3.05, 3.63) is 52.7 Å². The number of carboxylic acids is 1. The molecule has 2 aromatic heterocycles. The zero-order chi connectivity index (χ0) is 21.2. The summed E-state index contributed by atoms with van der Waals surface area (Å²) in [5.74, 6) is -2.15. The number of carbonyl (C=O) groups excluding carboxylic acids is 1. The van der Waals surface area contributed by atoms with Crippen LogP contribution in [-0.2, 0) is 4.79 Å². The van der Waals surface area contributed by atoms with Crippen molar-refractivity contribution >= 4 is 38.7 Å². The first-order chi connectivity index (χ1) is 13.6. The number of amides is 1. The number of carbonyl (C=O) groups is 2. The molecule has 2 heterocycles. The van der Waals surface area contributed by atoms with Crippen LogP contribution < -0.4 is 5.32 Å². The molecule has 1 aliphatic rings. The Morgan fingerprint density at radius 2 is 1.90 bits per heavy atom. The quantitative estimate of drug-likeness (QED) is 0.574. The summed E-state index contributed by atoms with van der Waals surface area (Å²) in [6.07, 6.45) is -1.36. The number of carboxylic acid groups (broad SMARTS) is 1. The average Bonchev–Trinajstić information content (AvgIpc) is 3.29. The number of benzene rings is 1. The van der Waals surface area contributed by atoms with Gasteiger partial charge in [0.05, 0.1) is 17.3 Å². The molecule has 0 saturated heterocycles. The van der Waals surface area contributed by atoms with E-state index in [1.807, 2.05) is 30.3 Å². The molecule has 29 heavy (non-hydrogen) atoms. The number of nitrogens with one attached hydrogen (secondary N) is 1. The fraction of sp³-hybridized carbons (Fsp3) is 0.211. The standard InChI is InChI=1S/C17H13BrN2O2.C2HF3O2/c18-10-3-6-14-12(8-10)13(17(21)19-11-4-5-11)9-15(20-14)16-2-1-7-22-16;3-2(4,5)1(6)7/h1-3,6-9,11H,4-5H2,(H,19,21);(H,6,7). The Bertz CT molecular complexity index is 1050. The van der Waals surface area contributed by atoms with Crippen molar-refractivity contribution in [2.45, 2.75) is 25.1 Å². The highest BCUT2D eigenvalue weighted by atomic mass is 79.9. The highest BCUT2D eigenvalue weighted by molar-refractivity contribution is 9.10. The van der Waals surface area contributed by atoms with Crippen LogP contribution in [0.4, 0.5) is 13.2 Å². The maximum atomic E-state index is 12.6. The van der Waals surface area contributed by atoms with Crippen molar-refractivity contribution in [2.24, 2.45) is 0 Å². The number of fused-ring (bicyclic) bond motifs is 1. The Labute approximate surface area is 170 Å². The Hall–Kier alpha value is -2.88. The van der Waals surface area contributed by atoms with Gasteiger partial charge in [-0.2, -0.15) is 13.2 Å². The second-order valence-corrected chi connectivity index (χ2v) is 7.16. The summed E-state index contributed by atoms with van der Waals surface area (Å²) in [5.41, 5.74) is 2.07. The molecule has 1 amide bonds. The number of aliphatic carboxylic acids is 1. The fourth-order valence-corrected chi connectivity index (χ4v) is 2.79. The summed E-state index contributed by atoms with van der Waals surface area (Å²) in [5, 5.41) is 11.0. The predicted molar refractivity (Wildman–Crippen MR) is 101 cm³/mol. The molecule has 4 rings (SSSR count). The van der Waals surface area contributed by atoms with Gasteiger partial charge in [-0.3, -0.25) is 4.79 Å². The Kier molecular flexibility index (Phi) is 5.92. The monoisotopic (exact) mass is 470 g/mol. The second kappa shape index (κ2) is 8.24. The minimum Gasteiger partial charge on any atom is -0.475 e. The molecule has 2 N–H and O–H groups in total. The second-order valence-electron chi connectivity index (χ2n) is 6.24. The third kappa shape index (κ3) is 5.35. The van der Waals surface area contributed by atoms with Crippen LogP contribution in [0.5, 0.6) is 0 Å². The van der Waals surface area contributed by atoms with Gasteiger partial charge in [0, 0.05) is 15.9 Å². The van der Waals surface area contributed by atoms with Gasteiger partial charge in [0.1, 0.15) is 5.69 Å². The number of nitrogens with zero attached hydrogens (tertiary/aromatic N) is 1. The number of pyridine rings is 1. The third-order valence-electron chi connectivity index (χ3n) is 3.94. The summed E-state index contributed by atoms with van der Waals surface area (Å²) in [4.78, 5) is 26.1. The molecule has 10 heteroatoms. The van der Waals surface area contributed by atoms with E-state index in [1.165, 1.54) is 0 Å². The largest absolute Gasteiger partial charge is 0.490 e. The Balaban J connectivity index is 0.000000298. The highest BCUT2D eigenvalue weighted by Gasteiger charge is 2.38.